The molecule has 0 bridgehead atoms. The summed E-state index contributed by atoms with van der Waals surface area (Å²) in [7, 11) is 1.62. The SMILES string of the molecule is COc1ccc(Nc2nc3nc4c(c(-c5ccc(Cl)cc5)c3c(=O)[nH]2)CCC/C4=C\c2ccc(Cl)cc2)cc1. The summed E-state index contributed by atoms with van der Waals surface area (Å²) in [6, 6.07) is 22.7. The van der Waals surface area contributed by atoms with Gasteiger partial charge in [0, 0.05) is 21.3 Å². The third-order valence-electron chi connectivity index (χ3n) is 6.83. The Morgan fingerprint density at radius 3 is 2.28 bits per heavy atom. The van der Waals surface area contributed by atoms with Gasteiger partial charge in [-0.25, -0.2) is 4.98 Å². The van der Waals surface area contributed by atoms with Crippen molar-refractivity contribution in [2.45, 2.75) is 19.3 Å². The van der Waals surface area contributed by atoms with E-state index in [1.807, 2.05) is 72.8 Å². The molecule has 1 aliphatic carbocycles. The molecule has 3 aromatic carbocycles. The van der Waals surface area contributed by atoms with Crippen molar-refractivity contribution >= 4 is 57.5 Å². The maximum absolute atomic E-state index is 13.6. The monoisotopic (exact) mass is 554 g/mol. The molecule has 6 nitrogen and oxygen atoms in total. The number of ether oxygens (including phenoxy) is 1. The number of anilines is 2. The molecule has 0 atom stereocenters. The van der Waals surface area contributed by atoms with Gasteiger partial charge < -0.3 is 10.1 Å². The first-order valence-electron chi connectivity index (χ1n) is 12.6. The van der Waals surface area contributed by atoms with Gasteiger partial charge in [-0.3, -0.25) is 9.78 Å². The van der Waals surface area contributed by atoms with Gasteiger partial charge in [-0.2, -0.15) is 4.98 Å². The van der Waals surface area contributed by atoms with Crippen LogP contribution in [-0.4, -0.2) is 22.1 Å². The number of benzene rings is 3. The van der Waals surface area contributed by atoms with Crippen LogP contribution < -0.4 is 15.6 Å². The van der Waals surface area contributed by atoms with E-state index in [-0.39, 0.29) is 5.56 Å². The van der Waals surface area contributed by atoms with E-state index < -0.39 is 0 Å². The molecule has 0 radical (unpaired) electrons. The van der Waals surface area contributed by atoms with E-state index in [2.05, 4.69) is 16.4 Å². The van der Waals surface area contributed by atoms with Gasteiger partial charge >= 0.3 is 0 Å². The molecule has 0 saturated heterocycles. The number of nitrogens with zero attached hydrogens (tertiary/aromatic N) is 2. The predicted octanol–water partition coefficient (Wildman–Crippen LogP) is 7.92. The number of aromatic amines is 1. The third-order valence-corrected chi connectivity index (χ3v) is 7.33. The van der Waals surface area contributed by atoms with Gasteiger partial charge in [-0.1, -0.05) is 47.5 Å². The minimum absolute atomic E-state index is 0.259. The molecule has 0 fully saturated rings. The molecule has 8 heteroatoms. The van der Waals surface area contributed by atoms with Crippen LogP contribution >= 0.6 is 23.2 Å². The molecule has 0 amide bonds. The Kier molecular flexibility index (Phi) is 6.81. The number of hydrogen-bond acceptors (Lipinski definition) is 5. The third kappa shape index (κ3) is 5.13. The Balaban J connectivity index is 1.55. The first-order valence-corrected chi connectivity index (χ1v) is 13.3. The molecule has 0 aliphatic heterocycles. The van der Waals surface area contributed by atoms with Crippen LogP contribution in [0.1, 0.15) is 29.7 Å². The highest BCUT2D eigenvalue weighted by atomic mass is 35.5. The Labute approximate surface area is 235 Å². The highest BCUT2D eigenvalue weighted by Crippen LogP contribution is 2.40. The van der Waals surface area contributed by atoms with Gasteiger partial charge in [0.25, 0.3) is 5.56 Å². The van der Waals surface area contributed by atoms with E-state index >= 15 is 0 Å². The van der Waals surface area contributed by atoms with Crippen LogP contribution in [0, 0.1) is 0 Å². The van der Waals surface area contributed by atoms with E-state index in [1.54, 1.807) is 7.11 Å². The van der Waals surface area contributed by atoms with Crippen LogP contribution in [0.3, 0.4) is 0 Å². The first kappa shape index (κ1) is 25.2. The lowest BCUT2D eigenvalue weighted by atomic mass is 9.84. The Morgan fingerprint density at radius 2 is 1.59 bits per heavy atom. The lowest BCUT2D eigenvalue weighted by Crippen LogP contribution is -2.17. The second-order valence-corrected chi connectivity index (χ2v) is 10.2. The van der Waals surface area contributed by atoms with E-state index in [0.29, 0.717) is 27.0 Å². The summed E-state index contributed by atoms with van der Waals surface area (Å²) in [6.45, 7) is 0. The molecule has 194 valence electrons. The maximum atomic E-state index is 13.6. The normalized spacial score (nSPS) is 13.9. The summed E-state index contributed by atoms with van der Waals surface area (Å²) < 4.78 is 5.24. The fourth-order valence-electron chi connectivity index (χ4n) is 5.00. The van der Waals surface area contributed by atoms with Crippen molar-refractivity contribution in [2.75, 3.05) is 12.4 Å². The van der Waals surface area contributed by atoms with Crippen LogP contribution in [0.5, 0.6) is 5.75 Å². The standard InChI is InChI=1S/C31H24Cl2N4O2/c1-39-24-15-13-23(14-16-24)34-31-36-29-27(30(38)37-31)26(19-7-11-22(33)12-8-19)25-4-2-3-20(28(25)35-29)17-18-5-9-21(32)10-6-18/h5-17H,2-4H2,1H3,(H2,34,35,36,37,38)/b20-17+. The van der Waals surface area contributed by atoms with Gasteiger partial charge in [-0.05, 0) is 96.1 Å². The smallest absolute Gasteiger partial charge is 0.262 e. The number of H-pyrrole nitrogens is 1. The summed E-state index contributed by atoms with van der Waals surface area (Å²) in [4.78, 5) is 26.3. The van der Waals surface area contributed by atoms with Crippen LogP contribution in [-0.2, 0) is 6.42 Å². The molecule has 0 saturated carbocycles. The summed E-state index contributed by atoms with van der Waals surface area (Å²) in [5, 5.41) is 4.97. The van der Waals surface area contributed by atoms with Gasteiger partial charge in [0.15, 0.2) is 5.65 Å². The Hall–Kier alpha value is -4.13. The Morgan fingerprint density at radius 1 is 0.897 bits per heavy atom. The molecular weight excluding hydrogens is 531 g/mol. The van der Waals surface area contributed by atoms with E-state index in [4.69, 9.17) is 37.9 Å². The highest BCUT2D eigenvalue weighted by Gasteiger charge is 2.25. The van der Waals surface area contributed by atoms with Crippen LogP contribution in [0.4, 0.5) is 11.6 Å². The first-order chi connectivity index (χ1) is 19.0. The van der Waals surface area contributed by atoms with Crippen molar-refractivity contribution in [3.05, 3.63) is 110 Å². The van der Waals surface area contributed by atoms with Crippen LogP contribution in [0.15, 0.2) is 77.6 Å². The lowest BCUT2D eigenvalue weighted by Gasteiger charge is -2.23. The zero-order chi connectivity index (χ0) is 26.9. The molecule has 6 rings (SSSR count). The van der Waals surface area contributed by atoms with Crippen molar-refractivity contribution in [3.8, 4) is 16.9 Å². The minimum Gasteiger partial charge on any atom is -0.497 e. The number of rotatable bonds is 5. The number of allylic oxidation sites excluding steroid dienone is 1. The number of hydrogen-bond donors (Lipinski definition) is 2. The molecule has 0 unspecified atom stereocenters. The number of pyridine rings is 1. The van der Waals surface area contributed by atoms with Gasteiger partial charge in [0.05, 0.1) is 18.2 Å². The highest BCUT2D eigenvalue weighted by molar-refractivity contribution is 6.31. The molecule has 1 aliphatic rings. The summed E-state index contributed by atoms with van der Waals surface area (Å²) in [5.74, 6) is 1.05. The number of fused-ring (bicyclic) bond motifs is 2. The molecule has 2 N–H and O–H groups in total. The number of halogens is 2. The van der Waals surface area contributed by atoms with E-state index in [0.717, 1.165) is 64.2 Å². The van der Waals surface area contributed by atoms with Gasteiger partial charge in [0.1, 0.15) is 5.75 Å². The van der Waals surface area contributed by atoms with Crippen LogP contribution in [0.2, 0.25) is 10.0 Å². The number of nitrogens with one attached hydrogen (secondary N) is 2. The van der Waals surface area contributed by atoms with Crippen molar-refractivity contribution in [2.24, 2.45) is 0 Å². The maximum Gasteiger partial charge on any atom is 0.262 e. The quantitative estimate of drug-likeness (QED) is 0.230. The lowest BCUT2D eigenvalue weighted by molar-refractivity contribution is 0.415. The minimum atomic E-state index is -0.259. The Bertz CT molecular complexity index is 1760. The van der Waals surface area contributed by atoms with Gasteiger partial charge in [0.2, 0.25) is 5.95 Å². The van der Waals surface area contributed by atoms with Crippen molar-refractivity contribution in [1.29, 1.82) is 0 Å². The van der Waals surface area contributed by atoms with E-state index in [1.165, 1.54) is 0 Å². The van der Waals surface area contributed by atoms with Crippen LogP contribution in [0.25, 0.3) is 33.8 Å². The summed E-state index contributed by atoms with van der Waals surface area (Å²) >= 11 is 12.3. The number of methoxy groups -OCH3 is 1. The fourth-order valence-corrected chi connectivity index (χ4v) is 5.25. The average Bonchev–Trinajstić information content (AvgIpc) is 2.94. The second kappa shape index (κ2) is 10.6. The van der Waals surface area contributed by atoms with Gasteiger partial charge in [-0.15, -0.1) is 0 Å². The largest absolute Gasteiger partial charge is 0.497 e. The van der Waals surface area contributed by atoms with E-state index in [9.17, 15) is 4.79 Å². The zero-order valence-corrected chi connectivity index (χ0v) is 22.6. The molecule has 0 spiro atoms. The topological polar surface area (TPSA) is 79.9 Å². The van der Waals surface area contributed by atoms with Crippen molar-refractivity contribution < 1.29 is 4.74 Å². The molecule has 5 aromatic rings. The summed E-state index contributed by atoms with van der Waals surface area (Å²) in [5.41, 5.74) is 6.67. The molecule has 2 heterocycles. The summed E-state index contributed by atoms with van der Waals surface area (Å²) in [6.07, 6.45) is 4.76. The molecular formula is C31H24Cl2N4O2. The predicted molar refractivity (Wildman–Crippen MR) is 159 cm³/mol. The second-order valence-electron chi connectivity index (χ2n) is 9.36. The fraction of sp³-hybridized carbons (Fsp3) is 0.129. The average molecular weight is 555 g/mol. The molecule has 2 aromatic heterocycles. The number of aromatic nitrogens is 3. The van der Waals surface area contributed by atoms with Crippen molar-refractivity contribution in [1.82, 2.24) is 15.0 Å². The molecule has 39 heavy (non-hydrogen) atoms. The zero-order valence-electron chi connectivity index (χ0n) is 21.1. The van der Waals surface area contributed by atoms with Crippen molar-refractivity contribution in [3.63, 3.8) is 0 Å².